The Bertz CT molecular complexity index is 1170. The van der Waals surface area contributed by atoms with Gasteiger partial charge in [0.15, 0.2) is 11.5 Å². The zero-order valence-electron chi connectivity index (χ0n) is 16.6. The number of ether oxygens (including phenoxy) is 2. The van der Waals surface area contributed by atoms with E-state index in [0.29, 0.717) is 32.9 Å². The van der Waals surface area contributed by atoms with Gasteiger partial charge in [0.1, 0.15) is 18.6 Å². The average molecular weight is 502 g/mol. The maximum atomic E-state index is 10.9. The van der Waals surface area contributed by atoms with Gasteiger partial charge in [-0.05, 0) is 39.7 Å². The van der Waals surface area contributed by atoms with Crippen LogP contribution in [0.1, 0.15) is 11.1 Å². The van der Waals surface area contributed by atoms with E-state index in [0.717, 1.165) is 6.20 Å². The monoisotopic (exact) mass is 501 g/mol. The quantitative estimate of drug-likeness (QED) is 0.252. The van der Waals surface area contributed by atoms with Crippen molar-refractivity contribution in [1.82, 2.24) is 4.98 Å². The van der Waals surface area contributed by atoms with Crippen molar-refractivity contribution in [3.05, 3.63) is 90.6 Å². The Morgan fingerprint density at radius 1 is 1.09 bits per heavy atom. The lowest BCUT2D eigenvalue weighted by atomic mass is 10.2. The van der Waals surface area contributed by atoms with Crippen LogP contribution in [0.3, 0.4) is 0 Å². The molecule has 0 fully saturated rings. The number of anilines is 1. The van der Waals surface area contributed by atoms with E-state index in [1.54, 1.807) is 24.3 Å². The number of rotatable bonds is 9. The zero-order chi connectivity index (χ0) is 23.1. The van der Waals surface area contributed by atoms with Crippen LogP contribution in [0.5, 0.6) is 11.5 Å². The van der Waals surface area contributed by atoms with Crippen LogP contribution in [0.25, 0.3) is 0 Å². The number of nitro groups is 2. The molecule has 0 unspecified atom stereocenters. The molecular formula is C20H16BrN5O6. The number of benzene rings is 2. The van der Waals surface area contributed by atoms with Gasteiger partial charge in [-0.25, -0.2) is 4.98 Å². The molecule has 1 heterocycles. The van der Waals surface area contributed by atoms with E-state index in [1.807, 2.05) is 0 Å². The minimum absolute atomic E-state index is 0.0131. The van der Waals surface area contributed by atoms with Crippen molar-refractivity contribution in [2.75, 3.05) is 12.5 Å². The summed E-state index contributed by atoms with van der Waals surface area (Å²) in [6.45, 7) is 0.116. The summed E-state index contributed by atoms with van der Waals surface area (Å²) in [6, 6.07) is 12.3. The van der Waals surface area contributed by atoms with E-state index >= 15 is 0 Å². The number of nitrogens with one attached hydrogen (secondary N) is 1. The minimum atomic E-state index is -0.536. The van der Waals surface area contributed by atoms with Gasteiger partial charge in [-0.15, -0.1) is 0 Å². The van der Waals surface area contributed by atoms with Crippen molar-refractivity contribution in [3.8, 4) is 11.5 Å². The van der Waals surface area contributed by atoms with Gasteiger partial charge >= 0.3 is 0 Å². The third-order valence-corrected chi connectivity index (χ3v) is 4.83. The fraction of sp³-hybridized carbons (Fsp3) is 0.100. The topological polar surface area (TPSA) is 142 Å². The third kappa shape index (κ3) is 5.76. The molecule has 11 nitrogen and oxygen atoms in total. The molecule has 2 aromatic carbocycles. The zero-order valence-corrected chi connectivity index (χ0v) is 18.2. The predicted octanol–water partition coefficient (Wildman–Crippen LogP) is 4.69. The molecule has 0 saturated carbocycles. The number of pyridine rings is 1. The van der Waals surface area contributed by atoms with E-state index in [9.17, 15) is 20.2 Å². The van der Waals surface area contributed by atoms with Gasteiger partial charge in [-0.2, -0.15) is 5.10 Å². The van der Waals surface area contributed by atoms with Gasteiger partial charge in [-0.1, -0.05) is 12.1 Å². The number of hydrogen-bond donors (Lipinski definition) is 1. The molecular weight excluding hydrogens is 486 g/mol. The highest BCUT2D eigenvalue weighted by atomic mass is 79.9. The first-order valence-corrected chi connectivity index (χ1v) is 9.80. The number of hydrogen-bond acceptors (Lipinski definition) is 9. The second-order valence-corrected chi connectivity index (χ2v) is 7.12. The fourth-order valence-corrected chi connectivity index (χ4v) is 3.00. The molecule has 3 aromatic rings. The minimum Gasteiger partial charge on any atom is -0.493 e. The van der Waals surface area contributed by atoms with E-state index in [4.69, 9.17) is 9.47 Å². The van der Waals surface area contributed by atoms with Crippen LogP contribution in [0.15, 0.2) is 64.3 Å². The molecule has 0 atom stereocenters. The summed E-state index contributed by atoms with van der Waals surface area (Å²) in [5.41, 5.74) is 3.86. The molecule has 0 aliphatic carbocycles. The molecule has 0 aliphatic rings. The number of nitrogens with zero attached hydrogens (tertiary/aromatic N) is 4. The number of halogens is 1. The Labute approximate surface area is 190 Å². The molecule has 1 aromatic heterocycles. The number of methoxy groups -OCH3 is 1. The molecule has 32 heavy (non-hydrogen) atoms. The molecule has 12 heteroatoms. The average Bonchev–Trinajstić information content (AvgIpc) is 2.79. The van der Waals surface area contributed by atoms with Crippen LogP contribution < -0.4 is 14.9 Å². The van der Waals surface area contributed by atoms with Crippen LogP contribution in [0.4, 0.5) is 17.2 Å². The van der Waals surface area contributed by atoms with Crippen molar-refractivity contribution >= 4 is 39.3 Å². The Balaban J connectivity index is 1.70. The number of nitro benzene ring substituents is 1. The molecule has 0 aliphatic heterocycles. The Morgan fingerprint density at radius 2 is 1.88 bits per heavy atom. The fourth-order valence-electron chi connectivity index (χ4n) is 2.57. The van der Waals surface area contributed by atoms with Gasteiger partial charge in [0, 0.05) is 28.2 Å². The molecule has 3 rings (SSSR count). The van der Waals surface area contributed by atoms with Gasteiger partial charge in [0.2, 0.25) is 0 Å². The number of hydrazone groups is 1. The Kier molecular flexibility index (Phi) is 7.29. The van der Waals surface area contributed by atoms with Crippen molar-refractivity contribution in [2.45, 2.75) is 6.61 Å². The summed E-state index contributed by atoms with van der Waals surface area (Å²) < 4.78 is 11.8. The number of aromatic nitrogens is 1. The third-order valence-electron chi connectivity index (χ3n) is 4.14. The van der Waals surface area contributed by atoms with Gasteiger partial charge in [0.05, 0.1) is 23.2 Å². The van der Waals surface area contributed by atoms with E-state index in [-0.39, 0.29) is 18.0 Å². The lowest BCUT2D eigenvalue weighted by molar-refractivity contribution is -0.385. The smallest absolute Gasteiger partial charge is 0.287 e. The maximum absolute atomic E-state index is 10.9. The van der Waals surface area contributed by atoms with Crippen LogP contribution in [0.2, 0.25) is 0 Å². The van der Waals surface area contributed by atoms with Crippen molar-refractivity contribution in [1.29, 1.82) is 0 Å². The number of non-ortho nitro benzene ring substituents is 1. The largest absolute Gasteiger partial charge is 0.493 e. The van der Waals surface area contributed by atoms with Gasteiger partial charge in [-0.3, -0.25) is 25.7 Å². The summed E-state index contributed by atoms with van der Waals surface area (Å²) in [5, 5.41) is 25.7. The molecule has 164 valence electrons. The Morgan fingerprint density at radius 3 is 2.53 bits per heavy atom. The summed E-state index contributed by atoms with van der Waals surface area (Å²) in [6.07, 6.45) is 2.64. The van der Waals surface area contributed by atoms with E-state index in [2.05, 4.69) is 31.4 Å². The second-order valence-electron chi connectivity index (χ2n) is 6.27. The summed E-state index contributed by atoms with van der Waals surface area (Å²) in [7, 11) is 1.49. The lowest BCUT2D eigenvalue weighted by Crippen LogP contribution is -2.00. The van der Waals surface area contributed by atoms with Gasteiger partial charge in [0.25, 0.3) is 11.4 Å². The molecule has 0 amide bonds. The van der Waals surface area contributed by atoms with Crippen molar-refractivity contribution in [2.24, 2.45) is 5.10 Å². The lowest BCUT2D eigenvalue weighted by Gasteiger charge is -2.12. The first-order chi connectivity index (χ1) is 15.4. The highest BCUT2D eigenvalue weighted by Crippen LogP contribution is 2.33. The molecule has 0 spiro atoms. The van der Waals surface area contributed by atoms with Crippen LogP contribution in [0, 0.1) is 20.2 Å². The standard InChI is InChI=1S/C20H16BrN5O6/c1-31-18-8-14(10-23-24-20-6-5-16(11-22-20)26(29)30)17(21)9-19(18)32-12-13-3-2-4-15(7-13)25(27)28/h2-11H,12H2,1H3,(H,22,24)/b23-10+. The predicted molar refractivity (Wildman–Crippen MR) is 120 cm³/mol. The normalized spacial score (nSPS) is 10.7. The maximum Gasteiger partial charge on any atom is 0.287 e. The van der Waals surface area contributed by atoms with Crippen LogP contribution >= 0.6 is 15.9 Å². The van der Waals surface area contributed by atoms with E-state index in [1.165, 1.54) is 37.6 Å². The summed E-state index contributed by atoms with van der Waals surface area (Å²) in [4.78, 5) is 24.5. The molecule has 0 bridgehead atoms. The van der Waals surface area contributed by atoms with Crippen molar-refractivity contribution < 1.29 is 19.3 Å². The van der Waals surface area contributed by atoms with E-state index < -0.39 is 9.85 Å². The highest BCUT2D eigenvalue weighted by Gasteiger charge is 2.11. The Hall–Kier alpha value is -4.06. The molecule has 1 N–H and O–H groups in total. The SMILES string of the molecule is COc1cc(/C=N/Nc2ccc([N+](=O)[O-])cn2)c(Br)cc1OCc1cccc([N+](=O)[O-])c1. The van der Waals surface area contributed by atoms with Gasteiger partial charge < -0.3 is 9.47 Å². The highest BCUT2D eigenvalue weighted by molar-refractivity contribution is 9.10. The second kappa shape index (κ2) is 10.3. The first-order valence-electron chi connectivity index (χ1n) is 9.00. The first kappa shape index (κ1) is 22.6. The summed E-state index contributed by atoms with van der Waals surface area (Å²) >= 11 is 3.44. The van der Waals surface area contributed by atoms with Crippen LogP contribution in [-0.2, 0) is 6.61 Å². The summed E-state index contributed by atoms with van der Waals surface area (Å²) in [5.74, 6) is 1.22. The van der Waals surface area contributed by atoms with Crippen molar-refractivity contribution in [3.63, 3.8) is 0 Å². The molecule has 0 saturated heterocycles. The molecule has 0 radical (unpaired) electrons. The van der Waals surface area contributed by atoms with Crippen LogP contribution in [-0.4, -0.2) is 28.2 Å².